The number of carboxylic acid groups (broad SMARTS) is 1. The van der Waals surface area contributed by atoms with Crippen LogP contribution >= 0.6 is 0 Å². The molecule has 0 aliphatic heterocycles. The Kier molecular flexibility index (Phi) is 6.29. The van der Waals surface area contributed by atoms with Gasteiger partial charge in [0.1, 0.15) is 6.04 Å². The maximum atomic E-state index is 10.4. The highest BCUT2D eigenvalue weighted by Crippen LogP contribution is 2.03. The van der Waals surface area contributed by atoms with E-state index >= 15 is 0 Å². The van der Waals surface area contributed by atoms with Gasteiger partial charge in [0.15, 0.2) is 0 Å². The van der Waals surface area contributed by atoms with Crippen molar-refractivity contribution in [2.45, 2.75) is 31.9 Å². The van der Waals surface area contributed by atoms with Crippen LogP contribution in [-0.4, -0.2) is 23.7 Å². The molecule has 4 heteroatoms. The number of hydrogen-bond acceptors (Lipinski definition) is 3. The number of unbranched alkanes of at least 4 members (excludes halogenated alkanes) is 1. The molecule has 17 heavy (non-hydrogen) atoms. The summed E-state index contributed by atoms with van der Waals surface area (Å²) < 4.78 is 5.47. The molecule has 0 bridgehead atoms. The molecule has 0 fully saturated rings. The first kappa shape index (κ1) is 13.7. The van der Waals surface area contributed by atoms with Crippen LogP contribution in [0.1, 0.15) is 24.8 Å². The lowest BCUT2D eigenvalue weighted by Gasteiger charge is -2.06. The minimum Gasteiger partial charge on any atom is -0.480 e. The van der Waals surface area contributed by atoms with Crippen molar-refractivity contribution in [1.82, 2.24) is 0 Å². The molecule has 0 heterocycles. The highest BCUT2D eigenvalue weighted by Gasteiger charge is 2.09. The Balaban J connectivity index is 2.00. The number of rotatable bonds is 8. The standard InChI is InChI=1S/C13H19NO3/c14-12(13(15)16)8-4-5-9-17-10-11-6-2-1-3-7-11/h1-3,6-7,12H,4-5,8-10,14H2,(H,15,16). The molecule has 3 N–H and O–H groups in total. The van der Waals surface area contributed by atoms with Gasteiger partial charge in [-0.2, -0.15) is 0 Å². The lowest BCUT2D eigenvalue weighted by atomic mass is 10.1. The van der Waals surface area contributed by atoms with Crippen LogP contribution in [0.3, 0.4) is 0 Å². The highest BCUT2D eigenvalue weighted by atomic mass is 16.5. The molecule has 0 radical (unpaired) electrons. The fourth-order valence-corrected chi connectivity index (χ4v) is 1.46. The molecule has 1 unspecified atom stereocenters. The maximum absolute atomic E-state index is 10.4. The van der Waals surface area contributed by atoms with E-state index in [-0.39, 0.29) is 0 Å². The van der Waals surface area contributed by atoms with E-state index in [1.807, 2.05) is 30.3 Å². The third-order valence-corrected chi connectivity index (χ3v) is 2.48. The van der Waals surface area contributed by atoms with Crippen LogP contribution < -0.4 is 5.73 Å². The molecule has 0 aliphatic rings. The first-order chi connectivity index (χ1) is 8.20. The summed E-state index contributed by atoms with van der Waals surface area (Å²) in [6, 6.07) is 9.20. The van der Waals surface area contributed by atoms with Crippen molar-refractivity contribution in [1.29, 1.82) is 0 Å². The number of nitrogens with two attached hydrogens (primary N) is 1. The second-order valence-electron chi connectivity index (χ2n) is 3.98. The second kappa shape index (κ2) is 7.81. The summed E-state index contributed by atoms with van der Waals surface area (Å²) in [6.45, 7) is 1.24. The van der Waals surface area contributed by atoms with Crippen LogP contribution in [0, 0.1) is 0 Å². The summed E-state index contributed by atoms with van der Waals surface area (Å²) in [5.41, 5.74) is 6.53. The summed E-state index contributed by atoms with van der Waals surface area (Å²) in [5, 5.41) is 8.58. The molecule has 1 atom stereocenters. The minimum absolute atomic E-state index is 0.504. The van der Waals surface area contributed by atoms with Crippen molar-refractivity contribution in [3.63, 3.8) is 0 Å². The van der Waals surface area contributed by atoms with Crippen molar-refractivity contribution in [3.8, 4) is 0 Å². The second-order valence-corrected chi connectivity index (χ2v) is 3.98. The summed E-state index contributed by atoms with van der Waals surface area (Å²) >= 11 is 0. The Morgan fingerprint density at radius 3 is 2.65 bits per heavy atom. The Morgan fingerprint density at radius 2 is 2.00 bits per heavy atom. The Morgan fingerprint density at radius 1 is 1.29 bits per heavy atom. The smallest absolute Gasteiger partial charge is 0.320 e. The summed E-state index contributed by atoms with van der Waals surface area (Å²) in [5.74, 6) is -0.935. The predicted molar refractivity (Wildman–Crippen MR) is 65.6 cm³/mol. The van der Waals surface area contributed by atoms with Crippen molar-refractivity contribution in [3.05, 3.63) is 35.9 Å². The molecule has 0 saturated carbocycles. The normalized spacial score (nSPS) is 12.3. The topological polar surface area (TPSA) is 72.5 Å². The lowest BCUT2D eigenvalue weighted by molar-refractivity contribution is -0.138. The molecule has 1 aromatic rings. The van der Waals surface area contributed by atoms with Gasteiger partial charge in [0.05, 0.1) is 6.61 Å². The Bertz CT molecular complexity index is 327. The molecule has 0 amide bonds. The molecule has 4 nitrogen and oxygen atoms in total. The quantitative estimate of drug-likeness (QED) is 0.676. The van der Waals surface area contributed by atoms with Crippen LogP contribution in [0.25, 0.3) is 0 Å². The zero-order valence-electron chi connectivity index (χ0n) is 9.84. The molecule has 0 aromatic heterocycles. The number of hydrogen-bond donors (Lipinski definition) is 2. The van der Waals surface area contributed by atoms with Gasteiger partial charge in [0.2, 0.25) is 0 Å². The molecule has 1 rings (SSSR count). The van der Waals surface area contributed by atoms with Gasteiger partial charge in [0, 0.05) is 6.61 Å². The van der Waals surface area contributed by atoms with E-state index < -0.39 is 12.0 Å². The number of benzene rings is 1. The minimum atomic E-state index is -0.935. The van der Waals surface area contributed by atoms with E-state index in [1.54, 1.807) is 0 Å². The van der Waals surface area contributed by atoms with Crippen LogP contribution in [-0.2, 0) is 16.1 Å². The van der Waals surface area contributed by atoms with E-state index in [2.05, 4.69) is 0 Å². The first-order valence-electron chi connectivity index (χ1n) is 5.80. The van der Waals surface area contributed by atoms with Gasteiger partial charge in [-0.15, -0.1) is 0 Å². The van der Waals surface area contributed by atoms with Gasteiger partial charge in [0.25, 0.3) is 0 Å². The zero-order valence-corrected chi connectivity index (χ0v) is 9.84. The van der Waals surface area contributed by atoms with Crippen LogP contribution in [0.15, 0.2) is 30.3 Å². The molecule has 1 aromatic carbocycles. The van der Waals surface area contributed by atoms with Crippen molar-refractivity contribution >= 4 is 5.97 Å². The molecule has 0 saturated heterocycles. The van der Waals surface area contributed by atoms with Gasteiger partial charge < -0.3 is 15.6 Å². The fraction of sp³-hybridized carbons (Fsp3) is 0.462. The van der Waals surface area contributed by atoms with Gasteiger partial charge in [-0.25, -0.2) is 0 Å². The summed E-state index contributed by atoms with van der Waals surface area (Å²) in [6.07, 6.45) is 2.13. The van der Waals surface area contributed by atoms with Crippen LogP contribution in [0.2, 0.25) is 0 Å². The fourth-order valence-electron chi connectivity index (χ4n) is 1.46. The number of carbonyl (C=O) groups is 1. The Hall–Kier alpha value is -1.39. The van der Waals surface area contributed by atoms with E-state index in [1.165, 1.54) is 0 Å². The van der Waals surface area contributed by atoms with Gasteiger partial charge in [-0.3, -0.25) is 4.79 Å². The third-order valence-electron chi connectivity index (χ3n) is 2.48. The molecule has 0 spiro atoms. The van der Waals surface area contributed by atoms with Gasteiger partial charge >= 0.3 is 5.97 Å². The maximum Gasteiger partial charge on any atom is 0.320 e. The summed E-state index contributed by atoms with van der Waals surface area (Å²) in [4.78, 5) is 10.4. The van der Waals surface area contributed by atoms with Crippen LogP contribution in [0.5, 0.6) is 0 Å². The number of carboxylic acids is 1. The average molecular weight is 237 g/mol. The van der Waals surface area contributed by atoms with Crippen molar-refractivity contribution in [2.75, 3.05) is 6.61 Å². The first-order valence-corrected chi connectivity index (χ1v) is 5.80. The average Bonchev–Trinajstić information content (AvgIpc) is 2.34. The molecular weight excluding hydrogens is 218 g/mol. The van der Waals surface area contributed by atoms with E-state index in [0.717, 1.165) is 18.4 Å². The van der Waals surface area contributed by atoms with Gasteiger partial charge in [-0.1, -0.05) is 30.3 Å². The van der Waals surface area contributed by atoms with Crippen molar-refractivity contribution in [2.24, 2.45) is 5.73 Å². The SMILES string of the molecule is NC(CCCCOCc1ccccc1)C(=O)O. The van der Waals surface area contributed by atoms with Crippen LogP contribution in [0.4, 0.5) is 0 Å². The highest BCUT2D eigenvalue weighted by molar-refractivity contribution is 5.72. The monoisotopic (exact) mass is 237 g/mol. The molecule has 0 aliphatic carbocycles. The van der Waals surface area contributed by atoms with Crippen molar-refractivity contribution < 1.29 is 14.6 Å². The largest absolute Gasteiger partial charge is 0.480 e. The number of aliphatic carboxylic acids is 1. The predicted octanol–water partition coefficient (Wildman–Crippen LogP) is 1.79. The zero-order chi connectivity index (χ0) is 12.5. The summed E-state index contributed by atoms with van der Waals surface area (Å²) in [7, 11) is 0. The molecule has 94 valence electrons. The molecular formula is C13H19NO3. The van der Waals surface area contributed by atoms with E-state index in [4.69, 9.17) is 15.6 Å². The lowest BCUT2D eigenvalue weighted by Crippen LogP contribution is -2.29. The Labute approximate surface area is 101 Å². The van der Waals surface area contributed by atoms with Gasteiger partial charge in [-0.05, 0) is 24.8 Å². The third kappa shape index (κ3) is 6.04. The number of ether oxygens (including phenoxy) is 1. The van der Waals surface area contributed by atoms with E-state index in [0.29, 0.717) is 19.6 Å². The van der Waals surface area contributed by atoms with E-state index in [9.17, 15) is 4.79 Å².